The van der Waals surface area contributed by atoms with E-state index in [4.69, 9.17) is 14.6 Å². The minimum atomic E-state index is -4.79. The first-order valence-electron chi connectivity index (χ1n) is 9.14. The van der Waals surface area contributed by atoms with E-state index in [0.717, 1.165) is 0 Å². The fourth-order valence-electron chi connectivity index (χ4n) is 3.32. The molecule has 3 heterocycles. The molecule has 9 nitrogen and oxygen atoms in total. The zero-order chi connectivity index (χ0) is 23.2. The highest BCUT2D eigenvalue weighted by molar-refractivity contribution is 5.93. The van der Waals surface area contributed by atoms with Crippen LogP contribution in [0.4, 0.5) is 13.2 Å². The van der Waals surface area contributed by atoms with Crippen molar-refractivity contribution in [2.45, 2.75) is 18.3 Å². The van der Waals surface area contributed by atoms with Gasteiger partial charge in [0.05, 0.1) is 6.61 Å². The van der Waals surface area contributed by atoms with E-state index in [0.29, 0.717) is 23.4 Å². The molecule has 32 heavy (non-hydrogen) atoms. The summed E-state index contributed by atoms with van der Waals surface area (Å²) in [6.45, 7) is 0.0281. The molecule has 1 aliphatic heterocycles. The molecule has 0 fully saturated rings. The summed E-state index contributed by atoms with van der Waals surface area (Å²) >= 11 is 0. The molecule has 168 valence electrons. The number of ether oxygens (including phenoxy) is 2. The van der Waals surface area contributed by atoms with Crippen molar-refractivity contribution in [1.29, 1.82) is 0 Å². The van der Waals surface area contributed by atoms with Crippen LogP contribution < -0.4 is 14.8 Å². The summed E-state index contributed by atoms with van der Waals surface area (Å²) in [6.07, 6.45) is -1.39. The smallest absolute Gasteiger partial charge is 0.491 e. The number of hydrogen-bond donors (Lipinski definition) is 3. The third kappa shape index (κ3) is 4.96. The second-order valence-electron chi connectivity index (χ2n) is 6.45. The number of alkyl halides is 3. The third-order valence-electron chi connectivity index (χ3n) is 4.55. The highest BCUT2D eigenvalue weighted by Crippen LogP contribution is 2.41. The van der Waals surface area contributed by atoms with Crippen LogP contribution in [0, 0.1) is 0 Å². The Morgan fingerprint density at radius 2 is 1.97 bits per heavy atom. The molecule has 3 aromatic rings. The highest BCUT2D eigenvalue weighted by atomic mass is 19.4. The number of hydrogen-bond acceptors (Lipinski definition) is 6. The first-order valence-corrected chi connectivity index (χ1v) is 9.14. The number of nitrogens with zero attached hydrogens (tertiary/aromatic N) is 2. The zero-order valence-electron chi connectivity index (χ0n) is 16.3. The largest absolute Gasteiger partial charge is 0.573 e. The van der Waals surface area contributed by atoms with Crippen LogP contribution in [0.3, 0.4) is 0 Å². The lowest BCUT2D eigenvalue weighted by Crippen LogP contribution is -2.50. The van der Waals surface area contributed by atoms with Crippen molar-refractivity contribution in [2.75, 3.05) is 6.61 Å². The maximum absolute atomic E-state index is 12.8. The van der Waals surface area contributed by atoms with Crippen molar-refractivity contribution < 1.29 is 37.3 Å². The molecule has 0 bridgehead atoms. The second-order valence-corrected chi connectivity index (χ2v) is 6.45. The van der Waals surface area contributed by atoms with Crippen LogP contribution in [-0.2, 0) is 10.3 Å². The number of aromatic nitrogens is 3. The van der Waals surface area contributed by atoms with Gasteiger partial charge in [-0.25, -0.2) is 0 Å². The molecule has 0 unspecified atom stereocenters. The predicted molar refractivity (Wildman–Crippen MR) is 103 cm³/mol. The summed E-state index contributed by atoms with van der Waals surface area (Å²) in [5, 5.41) is 16.3. The quantitative estimate of drug-likeness (QED) is 0.522. The Kier molecular flexibility index (Phi) is 6.61. The molecule has 1 aromatic carbocycles. The Balaban J connectivity index is 0.000000913. The number of carboxylic acid groups (broad SMARTS) is 1. The fraction of sp³-hybridized carbons (Fsp3) is 0.200. The number of rotatable bonds is 4. The summed E-state index contributed by atoms with van der Waals surface area (Å²) in [6, 6.07) is 10.3. The van der Waals surface area contributed by atoms with Gasteiger partial charge >= 0.3 is 6.36 Å². The number of carbonyl (C=O) groups excluding carboxylic acids is 1. The molecule has 1 atom stereocenters. The lowest BCUT2D eigenvalue weighted by atomic mass is 9.81. The molecule has 0 radical (unpaired) electrons. The average molecular weight is 450 g/mol. The van der Waals surface area contributed by atoms with Gasteiger partial charge in [-0.2, -0.15) is 5.10 Å². The van der Waals surface area contributed by atoms with Gasteiger partial charge in [0.2, 0.25) is 0 Å². The van der Waals surface area contributed by atoms with Gasteiger partial charge in [-0.05, 0) is 35.9 Å². The standard InChI is InChI=1S/C19H15F3N4O3.CH2O2/c20-19(21,22)29-13-5-3-12(4-6-13)18(25-17(27)14-7-10-24-26-14)8-11-28-15-2-1-9-23-16(15)18;2-1-3/h1-7,9-10H,8,11H2,(H,24,26)(H,25,27);1H,(H,2,3)/t18-;/m0./s1. The van der Waals surface area contributed by atoms with Gasteiger partial charge in [0, 0.05) is 18.8 Å². The van der Waals surface area contributed by atoms with Crippen LogP contribution in [0.25, 0.3) is 0 Å². The predicted octanol–water partition coefficient (Wildman–Crippen LogP) is 2.86. The van der Waals surface area contributed by atoms with Crippen LogP contribution in [0.1, 0.15) is 28.2 Å². The molecule has 0 saturated heterocycles. The van der Waals surface area contributed by atoms with Gasteiger partial charge in [0.15, 0.2) is 0 Å². The van der Waals surface area contributed by atoms with Crippen molar-refractivity contribution in [3.8, 4) is 11.5 Å². The number of amides is 1. The molecule has 12 heteroatoms. The molecule has 0 aliphatic carbocycles. The van der Waals surface area contributed by atoms with Crippen molar-refractivity contribution in [2.24, 2.45) is 0 Å². The van der Waals surface area contributed by atoms with Crippen molar-refractivity contribution in [3.63, 3.8) is 0 Å². The molecule has 0 saturated carbocycles. The maximum Gasteiger partial charge on any atom is 0.573 e. The number of H-pyrrole nitrogens is 1. The van der Waals surface area contributed by atoms with Gasteiger partial charge in [0.1, 0.15) is 28.4 Å². The summed E-state index contributed by atoms with van der Waals surface area (Å²) in [4.78, 5) is 25.5. The monoisotopic (exact) mass is 450 g/mol. The Labute approximate surface area is 179 Å². The van der Waals surface area contributed by atoms with Crippen LogP contribution in [-0.4, -0.2) is 45.6 Å². The summed E-state index contributed by atoms with van der Waals surface area (Å²) < 4.78 is 47.0. The van der Waals surface area contributed by atoms with Gasteiger partial charge < -0.3 is 19.9 Å². The molecule has 4 rings (SSSR count). The average Bonchev–Trinajstić information content (AvgIpc) is 3.29. The number of halogens is 3. The first-order chi connectivity index (χ1) is 15.3. The number of fused-ring (bicyclic) bond motifs is 1. The Morgan fingerprint density at radius 1 is 1.25 bits per heavy atom. The SMILES string of the molecule is O=C(N[C@]1(c2ccc(OC(F)(F)F)cc2)CCOc2cccnc21)c1cc[nH]n1.O=CO. The number of aromatic amines is 1. The molecule has 0 spiro atoms. The first kappa shape index (κ1) is 22.6. The van der Waals surface area contributed by atoms with Crippen LogP contribution >= 0.6 is 0 Å². The van der Waals surface area contributed by atoms with E-state index in [2.05, 4.69) is 25.2 Å². The summed E-state index contributed by atoms with van der Waals surface area (Å²) in [5.41, 5.74) is 0.0610. The van der Waals surface area contributed by atoms with Crippen LogP contribution in [0.5, 0.6) is 11.5 Å². The van der Waals surface area contributed by atoms with E-state index in [1.807, 2.05) is 0 Å². The Morgan fingerprint density at radius 3 is 2.59 bits per heavy atom. The lowest BCUT2D eigenvalue weighted by Gasteiger charge is -2.38. The number of nitrogens with one attached hydrogen (secondary N) is 2. The topological polar surface area (TPSA) is 126 Å². The van der Waals surface area contributed by atoms with Gasteiger partial charge in [-0.3, -0.25) is 19.7 Å². The van der Waals surface area contributed by atoms with Crippen molar-refractivity contribution >= 4 is 12.4 Å². The molecule has 2 aromatic heterocycles. The fourth-order valence-corrected chi connectivity index (χ4v) is 3.32. The van der Waals surface area contributed by atoms with Crippen molar-refractivity contribution in [3.05, 3.63) is 71.8 Å². The molecule has 1 aliphatic rings. The lowest BCUT2D eigenvalue weighted by molar-refractivity contribution is -0.274. The minimum absolute atomic E-state index is 0.172. The van der Waals surface area contributed by atoms with Gasteiger partial charge in [0.25, 0.3) is 12.4 Å². The summed E-state index contributed by atoms with van der Waals surface area (Å²) in [7, 11) is 0. The molecule has 1 amide bonds. The normalized spacial score (nSPS) is 17.1. The number of carbonyl (C=O) groups is 2. The number of benzene rings is 1. The van der Waals surface area contributed by atoms with Gasteiger partial charge in [-0.1, -0.05) is 12.1 Å². The highest BCUT2D eigenvalue weighted by Gasteiger charge is 2.43. The third-order valence-corrected chi connectivity index (χ3v) is 4.55. The second kappa shape index (κ2) is 9.37. The number of pyridine rings is 1. The van der Waals surface area contributed by atoms with E-state index in [1.54, 1.807) is 18.3 Å². The molecular weight excluding hydrogens is 433 g/mol. The Hall–Kier alpha value is -4.09. The Bertz CT molecular complexity index is 1060. The van der Waals surface area contributed by atoms with E-state index in [-0.39, 0.29) is 24.5 Å². The van der Waals surface area contributed by atoms with E-state index in [1.165, 1.54) is 36.5 Å². The van der Waals surface area contributed by atoms with Gasteiger partial charge in [-0.15, -0.1) is 13.2 Å². The van der Waals surface area contributed by atoms with Crippen LogP contribution in [0.2, 0.25) is 0 Å². The maximum atomic E-state index is 12.8. The minimum Gasteiger partial charge on any atom is -0.491 e. The molecular formula is C20H17F3N4O5. The van der Waals surface area contributed by atoms with E-state index in [9.17, 15) is 18.0 Å². The van der Waals surface area contributed by atoms with Crippen LogP contribution in [0.15, 0.2) is 54.9 Å². The zero-order valence-corrected chi connectivity index (χ0v) is 16.3. The van der Waals surface area contributed by atoms with E-state index >= 15 is 0 Å². The molecule has 3 N–H and O–H groups in total. The summed E-state index contributed by atoms with van der Waals surface area (Å²) in [5.74, 6) is -0.333. The van der Waals surface area contributed by atoms with E-state index < -0.39 is 17.8 Å². The van der Waals surface area contributed by atoms with Crippen molar-refractivity contribution in [1.82, 2.24) is 20.5 Å².